The molecule has 8 nitrogen and oxygen atoms in total. The number of phenolic OH excluding ortho intramolecular Hbond substituents is 2. The fourth-order valence-electron chi connectivity index (χ4n) is 2.21. The van der Waals surface area contributed by atoms with E-state index >= 15 is 0 Å². The minimum atomic E-state index is -0.880. The molecule has 0 bridgehead atoms. The predicted octanol–water partition coefficient (Wildman–Crippen LogP) is 2.76. The van der Waals surface area contributed by atoms with E-state index in [4.69, 9.17) is 5.21 Å². The summed E-state index contributed by atoms with van der Waals surface area (Å²) in [6, 6.07) is 2.26. The lowest BCUT2D eigenvalue weighted by Crippen LogP contribution is -2.10. The van der Waals surface area contributed by atoms with Crippen molar-refractivity contribution in [2.75, 3.05) is 0 Å². The summed E-state index contributed by atoms with van der Waals surface area (Å²) in [7, 11) is 0. The van der Waals surface area contributed by atoms with E-state index in [0.717, 1.165) is 24.4 Å². The van der Waals surface area contributed by atoms with Gasteiger partial charge in [-0.05, 0) is 23.8 Å². The van der Waals surface area contributed by atoms with Gasteiger partial charge in [-0.1, -0.05) is 0 Å². The number of halogens is 1. The average Bonchev–Trinajstić information content (AvgIpc) is 3.02. The lowest BCUT2D eigenvalue weighted by Gasteiger charge is -2.13. The van der Waals surface area contributed by atoms with E-state index in [1.807, 2.05) is 0 Å². The molecule has 122 valence electrons. The Hall–Kier alpha value is -3.46. The molecule has 2 aliphatic heterocycles. The minimum absolute atomic E-state index is 0.268. The Morgan fingerprint density at radius 3 is 2.67 bits per heavy atom. The van der Waals surface area contributed by atoms with E-state index < -0.39 is 28.1 Å². The molecule has 0 spiro atoms. The smallest absolute Gasteiger partial charge is 0.315 e. The van der Waals surface area contributed by atoms with Gasteiger partial charge in [-0.3, -0.25) is 20.3 Å². The third-order valence-corrected chi connectivity index (χ3v) is 3.42. The summed E-state index contributed by atoms with van der Waals surface area (Å²) < 4.78 is 13.4. The summed E-state index contributed by atoms with van der Waals surface area (Å²) in [6.07, 6.45) is 6.54. The molecule has 9 heteroatoms. The summed E-state index contributed by atoms with van der Waals surface area (Å²) in [6.45, 7) is 0. The lowest BCUT2D eigenvalue weighted by molar-refractivity contribution is -0.386. The normalized spacial score (nSPS) is 19.5. The van der Waals surface area contributed by atoms with Gasteiger partial charge in [-0.15, -0.1) is 0 Å². The maximum absolute atomic E-state index is 13.4. The minimum Gasteiger partial charge on any atom is -0.504 e. The van der Waals surface area contributed by atoms with Gasteiger partial charge in [0.2, 0.25) is 11.7 Å². The number of aromatic hydroxyl groups is 2. The highest BCUT2D eigenvalue weighted by Gasteiger charge is 2.21. The Balaban J connectivity index is 2.03. The molecule has 3 rings (SSSR count). The number of nitro groups is 1. The molecule has 0 aliphatic carbocycles. The molecule has 0 aromatic heterocycles. The van der Waals surface area contributed by atoms with Crippen molar-refractivity contribution in [2.24, 2.45) is 4.99 Å². The number of aliphatic imine (C=N–C) groups is 1. The van der Waals surface area contributed by atoms with E-state index in [-0.39, 0.29) is 5.56 Å². The molecule has 0 amide bonds. The van der Waals surface area contributed by atoms with Crippen molar-refractivity contribution in [2.45, 2.75) is 0 Å². The third kappa shape index (κ3) is 2.63. The van der Waals surface area contributed by atoms with Crippen LogP contribution < -0.4 is 0 Å². The highest BCUT2D eigenvalue weighted by molar-refractivity contribution is 6.13. The Morgan fingerprint density at radius 1 is 1.25 bits per heavy atom. The molecule has 0 fully saturated rings. The van der Waals surface area contributed by atoms with Crippen LogP contribution in [0.25, 0.3) is 5.57 Å². The summed E-state index contributed by atoms with van der Waals surface area (Å²) in [4.78, 5) is 14.2. The number of allylic oxidation sites excluding steroid dienone is 5. The summed E-state index contributed by atoms with van der Waals surface area (Å²) in [5, 5.41) is 39.5. The van der Waals surface area contributed by atoms with Gasteiger partial charge in [-0.25, -0.2) is 5.06 Å². The van der Waals surface area contributed by atoms with Crippen LogP contribution in [0.5, 0.6) is 11.5 Å². The van der Waals surface area contributed by atoms with Crippen LogP contribution in [0.15, 0.2) is 58.8 Å². The summed E-state index contributed by atoms with van der Waals surface area (Å²) in [5.74, 6) is -2.33. The molecule has 0 saturated heterocycles. The molecule has 0 unspecified atom stereocenters. The second kappa shape index (κ2) is 5.63. The number of nitro benzene ring substituents is 1. The van der Waals surface area contributed by atoms with E-state index in [1.54, 1.807) is 0 Å². The molecule has 3 N–H and O–H groups in total. The van der Waals surface area contributed by atoms with Gasteiger partial charge in [-0.2, -0.15) is 4.39 Å². The molecule has 0 saturated carbocycles. The SMILES string of the molecule is O=[N+]([O-])c1cc(C2=CC(=C3C=CN(O)C(F)=C3)N=C2)cc(O)c1O. The van der Waals surface area contributed by atoms with Crippen LogP contribution >= 0.6 is 0 Å². The Morgan fingerprint density at radius 2 is 2.00 bits per heavy atom. The highest BCUT2D eigenvalue weighted by Crippen LogP contribution is 2.38. The van der Waals surface area contributed by atoms with Crippen LogP contribution in [-0.4, -0.2) is 31.6 Å². The van der Waals surface area contributed by atoms with Crippen molar-refractivity contribution < 1.29 is 24.7 Å². The van der Waals surface area contributed by atoms with Crippen LogP contribution in [-0.2, 0) is 0 Å². The number of phenols is 2. The van der Waals surface area contributed by atoms with Gasteiger partial charge >= 0.3 is 5.69 Å². The van der Waals surface area contributed by atoms with Crippen molar-refractivity contribution in [3.8, 4) is 11.5 Å². The van der Waals surface area contributed by atoms with Gasteiger partial charge in [0.15, 0.2) is 5.75 Å². The zero-order chi connectivity index (χ0) is 17.4. The topological polar surface area (TPSA) is 119 Å². The fourth-order valence-corrected chi connectivity index (χ4v) is 2.21. The quantitative estimate of drug-likeness (QED) is 0.332. The largest absolute Gasteiger partial charge is 0.504 e. The van der Waals surface area contributed by atoms with Crippen molar-refractivity contribution in [3.05, 3.63) is 69.5 Å². The van der Waals surface area contributed by atoms with Crippen LogP contribution in [0.4, 0.5) is 10.1 Å². The van der Waals surface area contributed by atoms with E-state index in [9.17, 15) is 24.7 Å². The Kier molecular flexibility index (Phi) is 3.62. The number of hydroxylamine groups is 2. The molecular weight excluding hydrogens is 321 g/mol. The van der Waals surface area contributed by atoms with Gasteiger partial charge in [0.25, 0.3) is 0 Å². The summed E-state index contributed by atoms with van der Waals surface area (Å²) >= 11 is 0. The number of hydrogen-bond donors (Lipinski definition) is 3. The van der Waals surface area contributed by atoms with Crippen molar-refractivity contribution in [1.82, 2.24) is 5.06 Å². The van der Waals surface area contributed by atoms with Gasteiger partial charge in [0.1, 0.15) is 0 Å². The monoisotopic (exact) mass is 331 g/mol. The van der Waals surface area contributed by atoms with E-state index in [1.165, 1.54) is 18.4 Å². The van der Waals surface area contributed by atoms with Crippen molar-refractivity contribution >= 4 is 17.5 Å². The zero-order valence-electron chi connectivity index (χ0n) is 11.9. The standard InChI is InChI=1S/C15H10FN3O5/c16-14-6-8(1-2-18(14)22)11-3-10(7-17-11)9-4-12(19(23)24)15(21)13(20)5-9/h1-7,20-22H. The first-order valence-corrected chi connectivity index (χ1v) is 6.61. The van der Waals surface area contributed by atoms with E-state index in [2.05, 4.69) is 4.99 Å². The molecule has 1 aromatic carbocycles. The maximum atomic E-state index is 13.4. The number of rotatable bonds is 2. The Labute approximate surface area is 134 Å². The van der Waals surface area contributed by atoms with Crippen LogP contribution in [0.1, 0.15) is 5.56 Å². The van der Waals surface area contributed by atoms with E-state index in [0.29, 0.717) is 21.9 Å². The van der Waals surface area contributed by atoms with Gasteiger partial charge in [0.05, 0.1) is 10.6 Å². The summed E-state index contributed by atoms with van der Waals surface area (Å²) in [5.41, 5.74) is 0.829. The van der Waals surface area contributed by atoms with Crippen LogP contribution in [0.2, 0.25) is 0 Å². The number of nitrogens with zero attached hydrogens (tertiary/aromatic N) is 3. The van der Waals surface area contributed by atoms with Gasteiger partial charge in [0, 0.05) is 35.7 Å². The fraction of sp³-hybridized carbons (Fsp3) is 0. The predicted molar refractivity (Wildman–Crippen MR) is 81.9 cm³/mol. The number of benzene rings is 1. The first-order valence-electron chi connectivity index (χ1n) is 6.61. The Bertz CT molecular complexity index is 899. The molecule has 2 heterocycles. The highest BCUT2D eigenvalue weighted by atomic mass is 19.1. The van der Waals surface area contributed by atoms with Crippen molar-refractivity contribution in [1.29, 1.82) is 0 Å². The molecule has 0 radical (unpaired) electrons. The molecule has 24 heavy (non-hydrogen) atoms. The zero-order valence-corrected chi connectivity index (χ0v) is 11.9. The first kappa shape index (κ1) is 15.4. The molecular formula is C15H10FN3O5. The number of hydrogen-bond acceptors (Lipinski definition) is 7. The second-order valence-corrected chi connectivity index (χ2v) is 4.95. The lowest BCUT2D eigenvalue weighted by atomic mass is 10.0. The van der Waals surface area contributed by atoms with Crippen molar-refractivity contribution in [3.63, 3.8) is 0 Å². The third-order valence-electron chi connectivity index (χ3n) is 3.42. The van der Waals surface area contributed by atoms with Crippen LogP contribution in [0.3, 0.4) is 0 Å². The second-order valence-electron chi connectivity index (χ2n) is 4.95. The average molecular weight is 331 g/mol. The maximum Gasteiger partial charge on any atom is 0.315 e. The van der Waals surface area contributed by atoms with Gasteiger partial charge < -0.3 is 10.2 Å². The molecule has 1 aromatic rings. The van der Waals surface area contributed by atoms with Crippen LogP contribution in [0, 0.1) is 10.1 Å². The first-order chi connectivity index (χ1) is 11.4. The molecule has 2 aliphatic rings. The molecule has 0 atom stereocenters.